The van der Waals surface area contributed by atoms with E-state index in [-0.39, 0.29) is 18.3 Å². The molecule has 6 rings (SSSR count). The predicted molar refractivity (Wildman–Crippen MR) is 159 cm³/mol. The predicted octanol–water partition coefficient (Wildman–Crippen LogP) is 6.03. The lowest BCUT2D eigenvalue weighted by atomic mass is 10.1. The Morgan fingerprint density at radius 1 is 1.20 bits per heavy atom. The second kappa shape index (κ2) is 11.2. The first-order valence-corrected chi connectivity index (χ1v) is 13.6. The number of carbonyl (C=O) groups is 1. The third-order valence-corrected chi connectivity index (χ3v) is 7.74. The standard InChI is InChI=1S/C32H27ClFN5O2/c1-3-31(40)38-28-14-24-29(12-20(28)7-9-23-25-15-39(2)16-26(23)25)35-18-36-32(24)37-22-8-10-30(27(33)13-22)41-17-19-5-4-6-21(34)11-19/h3-6,8,10-14,18,23,25-26H,1,15-17H2,2H3,(H,38,40)(H,35,36,37). The van der Waals surface area contributed by atoms with Crippen LogP contribution >= 0.6 is 11.6 Å². The minimum Gasteiger partial charge on any atom is -0.487 e. The monoisotopic (exact) mass is 567 g/mol. The van der Waals surface area contributed by atoms with Gasteiger partial charge in [-0.15, -0.1) is 0 Å². The van der Waals surface area contributed by atoms with Gasteiger partial charge in [-0.1, -0.05) is 42.2 Å². The molecule has 9 heteroatoms. The smallest absolute Gasteiger partial charge is 0.247 e. The zero-order chi connectivity index (χ0) is 28.5. The highest BCUT2D eigenvalue weighted by Gasteiger charge is 2.53. The van der Waals surface area contributed by atoms with Gasteiger partial charge in [-0.25, -0.2) is 14.4 Å². The van der Waals surface area contributed by atoms with Crippen LogP contribution in [0.1, 0.15) is 11.1 Å². The lowest BCUT2D eigenvalue weighted by molar-refractivity contribution is -0.111. The number of piperidine rings is 1. The van der Waals surface area contributed by atoms with Gasteiger partial charge in [0.25, 0.3) is 0 Å². The summed E-state index contributed by atoms with van der Waals surface area (Å²) in [5.41, 5.74) is 3.32. The fraction of sp³-hybridized carbons (Fsp3) is 0.219. The van der Waals surface area contributed by atoms with Gasteiger partial charge in [0.2, 0.25) is 5.91 Å². The van der Waals surface area contributed by atoms with Gasteiger partial charge >= 0.3 is 0 Å². The Bertz CT molecular complexity index is 1720. The van der Waals surface area contributed by atoms with Crippen LogP contribution in [-0.4, -0.2) is 40.9 Å². The van der Waals surface area contributed by atoms with Gasteiger partial charge in [0, 0.05) is 30.1 Å². The summed E-state index contributed by atoms with van der Waals surface area (Å²) in [4.78, 5) is 23.5. The number of nitrogens with one attached hydrogen (secondary N) is 2. The number of benzene rings is 3. The van der Waals surface area contributed by atoms with Gasteiger partial charge in [-0.2, -0.15) is 0 Å². The Hall–Kier alpha value is -4.45. The molecule has 1 aliphatic carbocycles. The molecule has 41 heavy (non-hydrogen) atoms. The van der Waals surface area contributed by atoms with Gasteiger partial charge in [-0.05, 0) is 73.0 Å². The molecule has 0 spiro atoms. The molecule has 1 aromatic heterocycles. The van der Waals surface area contributed by atoms with Crippen molar-refractivity contribution in [2.45, 2.75) is 6.61 Å². The van der Waals surface area contributed by atoms with Crippen molar-refractivity contribution in [2.24, 2.45) is 17.8 Å². The van der Waals surface area contributed by atoms with E-state index < -0.39 is 0 Å². The molecule has 0 bridgehead atoms. The van der Waals surface area contributed by atoms with E-state index in [1.165, 1.54) is 24.5 Å². The van der Waals surface area contributed by atoms with E-state index in [9.17, 15) is 9.18 Å². The Morgan fingerprint density at radius 3 is 2.78 bits per heavy atom. The number of halogens is 2. The fourth-order valence-corrected chi connectivity index (χ4v) is 5.56. The summed E-state index contributed by atoms with van der Waals surface area (Å²) in [7, 11) is 2.14. The number of ether oxygens (including phenoxy) is 1. The Balaban J connectivity index is 1.24. The van der Waals surface area contributed by atoms with Crippen molar-refractivity contribution in [2.75, 3.05) is 30.8 Å². The van der Waals surface area contributed by atoms with Crippen LogP contribution in [-0.2, 0) is 11.4 Å². The highest BCUT2D eigenvalue weighted by Crippen LogP contribution is 2.50. The average Bonchev–Trinajstić information content (AvgIpc) is 3.42. The van der Waals surface area contributed by atoms with Crippen LogP contribution in [0.2, 0.25) is 5.02 Å². The minimum atomic E-state index is -0.329. The van der Waals surface area contributed by atoms with Crippen LogP contribution in [0.25, 0.3) is 10.9 Å². The number of amides is 1. The second-order valence-electron chi connectivity index (χ2n) is 10.4. The number of fused-ring (bicyclic) bond motifs is 2. The van der Waals surface area contributed by atoms with Crippen molar-refractivity contribution >= 4 is 45.6 Å². The molecule has 2 unspecified atom stereocenters. The Labute approximate surface area is 242 Å². The summed E-state index contributed by atoms with van der Waals surface area (Å²) in [5.74, 6) is 8.72. The van der Waals surface area contributed by atoms with Crippen LogP contribution < -0.4 is 15.4 Å². The lowest BCUT2D eigenvalue weighted by Crippen LogP contribution is -2.18. The van der Waals surface area contributed by atoms with E-state index in [4.69, 9.17) is 16.3 Å². The quantitative estimate of drug-likeness (QED) is 0.210. The molecule has 4 aromatic rings. The summed E-state index contributed by atoms with van der Waals surface area (Å²) in [5, 5.41) is 7.25. The summed E-state index contributed by atoms with van der Waals surface area (Å²) < 4.78 is 19.3. The van der Waals surface area contributed by atoms with Crippen molar-refractivity contribution in [1.29, 1.82) is 0 Å². The van der Waals surface area contributed by atoms with E-state index in [0.29, 0.717) is 67.7 Å². The zero-order valence-electron chi connectivity index (χ0n) is 22.3. The molecular weight excluding hydrogens is 541 g/mol. The molecule has 206 valence electrons. The number of hydrogen-bond donors (Lipinski definition) is 2. The van der Waals surface area contributed by atoms with E-state index >= 15 is 0 Å². The average molecular weight is 568 g/mol. The lowest BCUT2D eigenvalue weighted by Gasteiger charge is -2.13. The van der Waals surface area contributed by atoms with E-state index in [0.717, 1.165) is 13.1 Å². The van der Waals surface area contributed by atoms with Crippen LogP contribution in [0.15, 0.2) is 73.6 Å². The molecule has 2 N–H and O–H groups in total. The molecule has 2 atom stereocenters. The van der Waals surface area contributed by atoms with Gasteiger partial charge in [0.05, 0.1) is 21.8 Å². The molecule has 0 radical (unpaired) electrons. The summed E-state index contributed by atoms with van der Waals surface area (Å²) in [6.45, 7) is 5.91. The molecular formula is C32H27ClFN5O2. The first-order chi connectivity index (χ1) is 19.9. The van der Waals surface area contributed by atoms with Gasteiger partial charge in [0.1, 0.15) is 30.3 Å². The maximum absolute atomic E-state index is 13.5. The Morgan fingerprint density at radius 2 is 2.02 bits per heavy atom. The summed E-state index contributed by atoms with van der Waals surface area (Å²) in [6.07, 6.45) is 2.70. The van der Waals surface area contributed by atoms with Crippen molar-refractivity contribution in [3.05, 3.63) is 95.5 Å². The molecule has 2 heterocycles. The third kappa shape index (κ3) is 5.87. The van der Waals surface area contributed by atoms with Crippen LogP contribution in [0.4, 0.5) is 21.6 Å². The largest absolute Gasteiger partial charge is 0.487 e. The molecule has 1 aliphatic heterocycles. The summed E-state index contributed by atoms with van der Waals surface area (Å²) in [6, 6.07) is 15.2. The molecule has 1 saturated heterocycles. The topological polar surface area (TPSA) is 79.4 Å². The number of nitrogens with zero attached hydrogens (tertiary/aromatic N) is 3. The maximum Gasteiger partial charge on any atom is 0.247 e. The number of carbonyl (C=O) groups excluding carboxylic acids is 1. The van der Waals surface area contributed by atoms with E-state index in [1.54, 1.807) is 24.3 Å². The van der Waals surface area contributed by atoms with Crippen LogP contribution in [0.3, 0.4) is 0 Å². The van der Waals surface area contributed by atoms with E-state index in [1.807, 2.05) is 18.2 Å². The SMILES string of the molecule is C=CC(=O)Nc1cc2c(Nc3ccc(OCc4cccc(F)c4)c(Cl)c3)ncnc2cc1C#CC1C2CN(C)CC12. The maximum atomic E-state index is 13.5. The Kier molecular flexibility index (Phi) is 7.31. The van der Waals surface area contributed by atoms with E-state index in [2.05, 4.69) is 51.0 Å². The number of likely N-dealkylation sites (tertiary alicyclic amines) is 1. The third-order valence-electron chi connectivity index (χ3n) is 7.45. The molecule has 2 aliphatic rings. The first kappa shape index (κ1) is 26.8. The van der Waals surface area contributed by atoms with Crippen molar-refractivity contribution in [3.63, 3.8) is 0 Å². The highest BCUT2D eigenvalue weighted by molar-refractivity contribution is 6.32. The molecule has 1 amide bonds. The molecule has 2 fully saturated rings. The van der Waals surface area contributed by atoms with Gasteiger partial charge in [-0.3, -0.25) is 4.79 Å². The van der Waals surface area contributed by atoms with Crippen molar-refractivity contribution < 1.29 is 13.9 Å². The number of rotatable bonds is 7. The fourth-order valence-electron chi connectivity index (χ4n) is 5.33. The molecule has 7 nitrogen and oxygen atoms in total. The van der Waals surface area contributed by atoms with Crippen LogP contribution in [0, 0.1) is 35.4 Å². The van der Waals surface area contributed by atoms with Crippen molar-refractivity contribution in [1.82, 2.24) is 14.9 Å². The number of hydrogen-bond acceptors (Lipinski definition) is 6. The van der Waals surface area contributed by atoms with Gasteiger partial charge in [0.15, 0.2) is 0 Å². The normalized spacial score (nSPS) is 19.1. The van der Waals surface area contributed by atoms with Crippen LogP contribution in [0.5, 0.6) is 5.75 Å². The highest BCUT2D eigenvalue weighted by atomic mass is 35.5. The zero-order valence-corrected chi connectivity index (χ0v) is 23.1. The van der Waals surface area contributed by atoms with Gasteiger partial charge < -0.3 is 20.3 Å². The molecule has 1 saturated carbocycles. The summed E-state index contributed by atoms with van der Waals surface area (Å²) >= 11 is 6.49. The minimum absolute atomic E-state index is 0.185. The van der Waals surface area contributed by atoms with Crippen molar-refractivity contribution in [3.8, 4) is 17.6 Å². The first-order valence-electron chi connectivity index (χ1n) is 13.2. The number of anilines is 3. The number of aromatic nitrogens is 2. The second-order valence-corrected chi connectivity index (χ2v) is 10.8. The molecule has 3 aromatic carbocycles.